The zero-order valence-corrected chi connectivity index (χ0v) is 38.1. The minimum absolute atomic E-state index is 0.487. The second-order valence-corrected chi connectivity index (χ2v) is 21.4. The van der Waals surface area contributed by atoms with Crippen LogP contribution in [0.5, 0.6) is 0 Å². The summed E-state index contributed by atoms with van der Waals surface area (Å²) >= 11 is 0. The van der Waals surface area contributed by atoms with Crippen LogP contribution in [-0.4, -0.2) is 8.07 Å². The fraction of sp³-hybridized carbons (Fsp3) is 0.0154. The Labute approximate surface area is 394 Å². The van der Waals surface area contributed by atoms with Gasteiger partial charge < -0.3 is 4.90 Å². The molecule has 0 radical (unpaired) electrons. The maximum Gasteiger partial charge on any atom is 0.179 e. The van der Waals surface area contributed by atoms with Gasteiger partial charge in [-0.25, -0.2) is 0 Å². The maximum atomic E-state index is 2.44. The number of fused-ring (bicyclic) bond motifs is 4. The molecule has 67 heavy (non-hydrogen) atoms. The van der Waals surface area contributed by atoms with Crippen LogP contribution in [0, 0.1) is 0 Å². The normalized spacial score (nSPS) is 12.6. The van der Waals surface area contributed by atoms with Crippen molar-refractivity contribution in [2.45, 2.75) is 5.41 Å². The molecule has 11 aromatic rings. The van der Waals surface area contributed by atoms with Gasteiger partial charge in [-0.05, 0) is 112 Å². The zero-order chi connectivity index (χ0) is 44.6. The lowest BCUT2D eigenvalue weighted by molar-refractivity contribution is 0.768. The van der Waals surface area contributed by atoms with Crippen LogP contribution in [0.25, 0.3) is 33.0 Å². The molecule has 0 fully saturated rings. The van der Waals surface area contributed by atoms with Crippen molar-refractivity contribution >= 4 is 56.7 Å². The molecule has 2 heteroatoms. The minimum atomic E-state index is -2.73. The first-order chi connectivity index (χ1) is 33.2. The smallest absolute Gasteiger partial charge is 0.179 e. The van der Waals surface area contributed by atoms with E-state index in [4.69, 9.17) is 0 Å². The quantitative estimate of drug-likeness (QED) is 0.0978. The molecule has 0 N–H and O–H groups in total. The van der Waals surface area contributed by atoms with Gasteiger partial charge in [0.05, 0.1) is 5.41 Å². The van der Waals surface area contributed by atoms with Gasteiger partial charge in [0, 0.05) is 17.1 Å². The predicted molar refractivity (Wildman–Crippen MR) is 285 cm³/mol. The lowest BCUT2D eigenvalue weighted by Crippen LogP contribution is -2.74. The van der Waals surface area contributed by atoms with Crippen LogP contribution in [0.1, 0.15) is 22.3 Å². The molecule has 0 heterocycles. The van der Waals surface area contributed by atoms with Crippen molar-refractivity contribution in [3.8, 4) is 22.3 Å². The Morgan fingerprint density at radius 3 is 1.31 bits per heavy atom. The van der Waals surface area contributed by atoms with E-state index in [1.54, 1.807) is 0 Å². The average Bonchev–Trinajstić information content (AvgIpc) is 3.71. The van der Waals surface area contributed by atoms with E-state index in [1.165, 1.54) is 76.0 Å². The summed E-state index contributed by atoms with van der Waals surface area (Å²) in [5.41, 5.74) is 12.9. The molecule has 316 valence electrons. The highest BCUT2D eigenvalue weighted by Gasteiger charge is 2.46. The fourth-order valence-corrected chi connectivity index (χ4v) is 15.9. The summed E-state index contributed by atoms with van der Waals surface area (Å²) < 4.78 is 0. The van der Waals surface area contributed by atoms with Crippen molar-refractivity contribution in [1.29, 1.82) is 0 Å². The largest absolute Gasteiger partial charge is 0.310 e. The molecule has 0 spiro atoms. The standard InChI is InChI=1S/C65H47NSi/c1-6-22-52(23-7-1)65(53-24-8-2-9-25-53)63-33-19-18-32-61(63)62-45-41-56(47-64(62)65)66(54-26-10-3-11-27-54)55-39-34-49(35-40-55)50-36-42-59(43-37-50)67(57-28-12-4-13-29-57,58-30-14-5-15-31-58)60-44-38-48-20-16-17-21-51(48)46-60/h1-47H. The van der Waals surface area contributed by atoms with E-state index in [-0.39, 0.29) is 0 Å². The lowest BCUT2D eigenvalue weighted by Gasteiger charge is -2.35. The summed E-state index contributed by atoms with van der Waals surface area (Å²) in [6.07, 6.45) is 0. The molecule has 0 atom stereocenters. The molecule has 1 aliphatic carbocycles. The summed E-state index contributed by atoms with van der Waals surface area (Å²) in [5.74, 6) is 0. The Balaban J connectivity index is 0.964. The lowest BCUT2D eigenvalue weighted by atomic mass is 9.67. The van der Waals surface area contributed by atoms with Gasteiger partial charge in [0.25, 0.3) is 0 Å². The molecule has 12 rings (SSSR count). The molecule has 0 aliphatic heterocycles. The Morgan fingerprint density at radius 2 is 0.701 bits per heavy atom. The van der Waals surface area contributed by atoms with Gasteiger partial charge in [-0.3, -0.25) is 0 Å². The van der Waals surface area contributed by atoms with Gasteiger partial charge in [0.1, 0.15) is 0 Å². The van der Waals surface area contributed by atoms with E-state index in [2.05, 4.69) is 290 Å². The van der Waals surface area contributed by atoms with Crippen molar-refractivity contribution in [3.05, 3.63) is 307 Å². The van der Waals surface area contributed by atoms with Gasteiger partial charge in [0.2, 0.25) is 0 Å². The Hall–Kier alpha value is -8.30. The third kappa shape index (κ3) is 6.68. The van der Waals surface area contributed by atoms with Gasteiger partial charge in [-0.2, -0.15) is 0 Å². The first-order valence-electron chi connectivity index (χ1n) is 23.2. The van der Waals surface area contributed by atoms with Crippen molar-refractivity contribution in [1.82, 2.24) is 0 Å². The summed E-state index contributed by atoms with van der Waals surface area (Å²) in [4.78, 5) is 2.40. The number of hydrogen-bond acceptors (Lipinski definition) is 1. The molecule has 0 bridgehead atoms. The number of hydrogen-bond donors (Lipinski definition) is 0. The highest BCUT2D eigenvalue weighted by atomic mass is 28.3. The van der Waals surface area contributed by atoms with Crippen molar-refractivity contribution < 1.29 is 0 Å². The summed E-state index contributed by atoms with van der Waals surface area (Å²) in [6, 6.07) is 106. The first kappa shape index (κ1) is 40.2. The van der Waals surface area contributed by atoms with Crippen molar-refractivity contribution in [3.63, 3.8) is 0 Å². The monoisotopic (exact) mass is 869 g/mol. The Morgan fingerprint density at radius 1 is 0.269 bits per heavy atom. The van der Waals surface area contributed by atoms with Crippen molar-refractivity contribution in [2.75, 3.05) is 4.90 Å². The van der Waals surface area contributed by atoms with Gasteiger partial charge in [0.15, 0.2) is 8.07 Å². The molecular weight excluding hydrogens is 823 g/mol. The van der Waals surface area contributed by atoms with E-state index in [0.717, 1.165) is 17.1 Å². The van der Waals surface area contributed by atoms with E-state index >= 15 is 0 Å². The van der Waals surface area contributed by atoms with Crippen LogP contribution < -0.4 is 25.6 Å². The van der Waals surface area contributed by atoms with Crippen LogP contribution in [0.3, 0.4) is 0 Å². The summed E-state index contributed by atoms with van der Waals surface area (Å²) in [5, 5.41) is 8.00. The number of anilines is 3. The van der Waals surface area contributed by atoms with E-state index < -0.39 is 13.5 Å². The average molecular weight is 870 g/mol. The highest BCUT2D eigenvalue weighted by molar-refractivity contribution is 7.20. The van der Waals surface area contributed by atoms with Gasteiger partial charge >= 0.3 is 0 Å². The zero-order valence-electron chi connectivity index (χ0n) is 37.1. The molecule has 0 saturated carbocycles. The van der Waals surface area contributed by atoms with Crippen molar-refractivity contribution in [2.24, 2.45) is 0 Å². The van der Waals surface area contributed by atoms with Gasteiger partial charge in [-0.15, -0.1) is 0 Å². The minimum Gasteiger partial charge on any atom is -0.310 e. The molecule has 0 saturated heterocycles. The topological polar surface area (TPSA) is 3.24 Å². The molecule has 11 aromatic carbocycles. The SMILES string of the molecule is c1ccc(N(c2ccc(-c3ccc([Si](c4ccccc4)(c4ccccc4)c4ccc5ccccc5c4)cc3)cc2)c2ccc3c(c2)C(c2ccccc2)(c2ccccc2)c2ccccc2-3)cc1. The third-order valence-electron chi connectivity index (χ3n) is 14.1. The third-order valence-corrected chi connectivity index (χ3v) is 18.9. The maximum absolute atomic E-state index is 2.73. The van der Waals surface area contributed by atoms with Crippen LogP contribution in [0.4, 0.5) is 17.1 Å². The highest BCUT2D eigenvalue weighted by Crippen LogP contribution is 2.57. The molecule has 1 nitrogen and oxygen atoms in total. The second-order valence-electron chi connectivity index (χ2n) is 17.6. The molecule has 1 aliphatic rings. The van der Waals surface area contributed by atoms with Crippen LogP contribution >= 0.6 is 0 Å². The number of rotatable bonds is 10. The summed E-state index contributed by atoms with van der Waals surface area (Å²) in [7, 11) is -2.73. The van der Waals surface area contributed by atoms with Crippen LogP contribution in [-0.2, 0) is 5.41 Å². The van der Waals surface area contributed by atoms with E-state index in [0.29, 0.717) is 0 Å². The number of nitrogens with zero attached hydrogens (tertiary/aromatic N) is 1. The number of benzene rings is 11. The van der Waals surface area contributed by atoms with E-state index in [9.17, 15) is 0 Å². The molecule has 0 aromatic heterocycles. The first-order valence-corrected chi connectivity index (χ1v) is 25.2. The summed E-state index contributed by atoms with van der Waals surface area (Å²) in [6.45, 7) is 0. The van der Waals surface area contributed by atoms with E-state index in [1.807, 2.05) is 0 Å². The van der Waals surface area contributed by atoms with Crippen LogP contribution in [0.2, 0.25) is 0 Å². The number of para-hydroxylation sites is 1. The molecule has 0 unspecified atom stereocenters. The molecule has 0 amide bonds. The van der Waals surface area contributed by atoms with Gasteiger partial charge in [-0.1, -0.05) is 249 Å². The Kier molecular flexibility index (Phi) is 10.2. The fourth-order valence-electron chi connectivity index (χ4n) is 11.1. The predicted octanol–water partition coefficient (Wildman–Crippen LogP) is 13.7. The molecular formula is C65H47NSi. The second kappa shape index (κ2) is 16.9. The van der Waals surface area contributed by atoms with Crippen LogP contribution in [0.15, 0.2) is 285 Å². The Bertz CT molecular complexity index is 3400.